The van der Waals surface area contributed by atoms with Crippen molar-refractivity contribution in [3.8, 4) is 11.5 Å². The van der Waals surface area contributed by atoms with E-state index in [1.165, 1.54) is 11.0 Å². The fourth-order valence-electron chi connectivity index (χ4n) is 1.71. The Morgan fingerprint density at radius 3 is 2.65 bits per heavy atom. The van der Waals surface area contributed by atoms with Crippen LogP contribution in [-0.4, -0.2) is 35.1 Å². The maximum absolute atomic E-state index is 11.8. The van der Waals surface area contributed by atoms with Crippen LogP contribution in [0.4, 0.5) is 0 Å². The molecule has 0 aliphatic rings. The number of carbonyl (C=O) groups is 1. The summed E-state index contributed by atoms with van der Waals surface area (Å²) < 4.78 is 10.4. The van der Waals surface area contributed by atoms with Crippen molar-refractivity contribution >= 4 is 5.91 Å². The van der Waals surface area contributed by atoms with Gasteiger partial charge in [-0.25, -0.2) is 0 Å². The van der Waals surface area contributed by atoms with Crippen LogP contribution < -0.4 is 14.8 Å². The van der Waals surface area contributed by atoms with E-state index in [9.17, 15) is 4.79 Å². The van der Waals surface area contributed by atoms with Crippen LogP contribution in [-0.2, 0) is 13.6 Å². The summed E-state index contributed by atoms with van der Waals surface area (Å²) in [5.41, 5.74) is 1.19. The standard InChI is InChI=1S/C13H16N4O3/c1-17-15-8-10(16-17)13(18)14-7-9-4-5-11(19-2)12(6-9)20-3/h4-6,8H,7H2,1-3H3,(H,14,18). The lowest BCUT2D eigenvalue weighted by Crippen LogP contribution is -2.23. The van der Waals surface area contributed by atoms with Gasteiger partial charge in [0.15, 0.2) is 17.2 Å². The van der Waals surface area contributed by atoms with Gasteiger partial charge in [0.25, 0.3) is 5.91 Å². The highest BCUT2D eigenvalue weighted by Crippen LogP contribution is 2.27. The van der Waals surface area contributed by atoms with Crippen molar-refractivity contribution in [2.24, 2.45) is 7.05 Å². The third-order valence-corrected chi connectivity index (χ3v) is 2.73. The summed E-state index contributed by atoms with van der Waals surface area (Å²) in [4.78, 5) is 13.2. The van der Waals surface area contributed by atoms with Crippen LogP contribution in [0, 0.1) is 0 Å². The molecule has 20 heavy (non-hydrogen) atoms. The third-order valence-electron chi connectivity index (χ3n) is 2.73. The van der Waals surface area contributed by atoms with Crippen LogP contribution in [0.15, 0.2) is 24.4 Å². The van der Waals surface area contributed by atoms with Gasteiger partial charge in [-0.1, -0.05) is 6.07 Å². The van der Waals surface area contributed by atoms with E-state index in [0.717, 1.165) is 5.56 Å². The number of carbonyl (C=O) groups excluding carboxylic acids is 1. The van der Waals surface area contributed by atoms with E-state index >= 15 is 0 Å². The number of ether oxygens (including phenoxy) is 2. The average molecular weight is 276 g/mol. The van der Waals surface area contributed by atoms with Crippen LogP contribution in [0.3, 0.4) is 0 Å². The summed E-state index contributed by atoms with van der Waals surface area (Å²) in [6, 6.07) is 5.47. The summed E-state index contributed by atoms with van der Waals surface area (Å²) in [6.07, 6.45) is 1.42. The molecule has 1 N–H and O–H groups in total. The number of hydrogen-bond donors (Lipinski definition) is 1. The number of aromatic nitrogens is 3. The minimum absolute atomic E-state index is 0.270. The van der Waals surface area contributed by atoms with Gasteiger partial charge in [-0.15, -0.1) is 5.10 Å². The Kier molecular flexibility index (Phi) is 4.19. The SMILES string of the molecule is COc1ccc(CNC(=O)c2cnn(C)n2)cc1OC. The van der Waals surface area contributed by atoms with E-state index in [4.69, 9.17) is 9.47 Å². The first-order valence-electron chi connectivity index (χ1n) is 5.99. The number of nitrogens with zero attached hydrogens (tertiary/aromatic N) is 3. The minimum atomic E-state index is -0.270. The first-order valence-corrected chi connectivity index (χ1v) is 5.99. The normalized spacial score (nSPS) is 10.2. The van der Waals surface area contributed by atoms with E-state index in [2.05, 4.69) is 15.5 Å². The highest BCUT2D eigenvalue weighted by molar-refractivity contribution is 5.91. The Morgan fingerprint density at radius 2 is 2.05 bits per heavy atom. The fourth-order valence-corrected chi connectivity index (χ4v) is 1.71. The number of hydrogen-bond acceptors (Lipinski definition) is 5. The zero-order valence-electron chi connectivity index (χ0n) is 11.6. The molecule has 0 saturated heterocycles. The number of benzene rings is 1. The Morgan fingerprint density at radius 1 is 1.30 bits per heavy atom. The highest BCUT2D eigenvalue weighted by Gasteiger charge is 2.10. The third kappa shape index (κ3) is 3.05. The molecule has 7 nitrogen and oxygen atoms in total. The molecule has 1 heterocycles. The largest absolute Gasteiger partial charge is 0.493 e. The smallest absolute Gasteiger partial charge is 0.273 e. The van der Waals surface area contributed by atoms with Gasteiger partial charge >= 0.3 is 0 Å². The van der Waals surface area contributed by atoms with Gasteiger partial charge in [0.1, 0.15) is 0 Å². The number of methoxy groups -OCH3 is 2. The molecule has 1 amide bonds. The molecule has 0 bridgehead atoms. The summed E-state index contributed by atoms with van der Waals surface area (Å²) >= 11 is 0. The Hall–Kier alpha value is -2.57. The lowest BCUT2D eigenvalue weighted by Gasteiger charge is -2.09. The topological polar surface area (TPSA) is 78.3 Å². The molecule has 0 aliphatic heterocycles. The van der Waals surface area contributed by atoms with Crippen molar-refractivity contribution in [1.29, 1.82) is 0 Å². The molecule has 106 valence electrons. The van der Waals surface area contributed by atoms with Crippen molar-refractivity contribution in [2.45, 2.75) is 6.54 Å². The van der Waals surface area contributed by atoms with Gasteiger partial charge in [-0.2, -0.15) is 9.90 Å². The summed E-state index contributed by atoms with van der Waals surface area (Å²) in [5.74, 6) is 1.00. The van der Waals surface area contributed by atoms with Gasteiger partial charge < -0.3 is 14.8 Å². The monoisotopic (exact) mass is 276 g/mol. The Bertz CT molecular complexity index is 609. The van der Waals surface area contributed by atoms with Gasteiger partial charge in [0, 0.05) is 13.6 Å². The summed E-state index contributed by atoms with van der Waals surface area (Å²) in [7, 11) is 4.80. The minimum Gasteiger partial charge on any atom is -0.493 e. The molecule has 1 aromatic carbocycles. The molecule has 0 spiro atoms. The molecule has 0 fully saturated rings. The second-order valence-electron chi connectivity index (χ2n) is 4.09. The molecule has 1 aromatic heterocycles. The molecule has 2 rings (SSSR count). The molecule has 2 aromatic rings. The van der Waals surface area contributed by atoms with Gasteiger partial charge in [-0.3, -0.25) is 4.79 Å². The van der Waals surface area contributed by atoms with Crippen molar-refractivity contribution < 1.29 is 14.3 Å². The molecule has 0 radical (unpaired) electrons. The number of amides is 1. The van der Waals surface area contributed by atoms with Crippen LogP contribution in [0.5, 0.6) is 11.5 Å². The van der Waals surface area contributed by atoms with Crippen molar-refractivity contribution in [2.75, 3.05) is 14.2 Å². The fraction of sp³-hybridized carbons (Fsp3) is 0.308. The van der Waals surface area contributed by atoms with Crippen molar-refractivity contribution in [3.63, 3.8) is 0 Å². The Balaban J connectivity index is 2.02. The number of aryl methyl sites for hydroxylation is 1. The number of rotatable bonds is 5. The van der Waals surface area contributed by atoms with Crippen LogP contribution in [0.25, 0.3) is 0 Å². The van der Waals surface area contributed by atoms with E-state index in [1.807, 2.05) is 12.1 Å². The maximum atomic E-state index is 11.8. The summed E-state index contributed by atoms with van der Waals surface area (Å²) in [6.45, 7) is 0.371. The average Bonchev–Trinajstić information content (AvgIpc) is 2.91. The van der Waals surface area contributed by atoms with Gasteiger partial charge in [0.05, 0.1) is 20.4 Å². The predicted molar refractivity (Wildman–Crippen MR) is 71.7 cm³/mol. The Labute approximate surface area is 116 Å². The van der Waals surface area contributed by atoms with E-state index in [1.54, 1.807) is 27.3 Å². The first kappa shape index (κ1) is 13.9. The van der Waals surface area contributed by atoms with E-state index in [0.29, 0.717) is 18.0 Å². The van der Waals surface area contributed by atoms with Crippen molar-refractivity contribution in [3.05, 3.63) is 35.7 Å². The highest BCUT2D eigenvalue weighted by atomic mass is 16.5. The lowest BCUT2D eigenvalue weighted by molar-refractivity contribution is 0.0945. The van der Waals surface area contributed by atoms with Gasteiger partial charge in [0.2, 0.25) is 0 Å². The molecule has 0 saturated carbocycles. The van der Waals surface area contributed by atoms with E-state index < -0.39 is 0 Å². The zero-order valence-corrected chi connectivity index (χ0v) is 11.6. The number of nitrogens with one attached hydrogen (secondary N) is 1. The predicted octanol–water partition coefficient (Wildman–Crippen LogP) is 0.762. The molecular formula is C13H16N4O3. The molecular weight excluding hydrogens is 260 g/mol. The first-order chi connectivity index (χ1) is 9.63. The van der Waals surface area contributed by atoms with E-state index in [-0.39, 0.29) is 11.6 Å². The second kappa shape index (κ2) is 6.05. The zero-order chi connectivity index (χ0) is 14.5. The van der Waals surface area contributed by atoms with Crippen LogP contribution in [0.2, 0.25) is 0 Å². The van der Waals surface area contributed by atoms with Crippen molar-refractivity contribution in [1.82, 2.24) is 20.3 Å². The summed E-state index contributed by atoms with van der Waals surface area (Å²) in [5, 5.41) is 10.5. The molecule has 7 heteroatoms. The second-order valence-corrected chi connectivity index (χ2v) is 4.09. The molecule has 0 unspecified atom stereocenters. The van der Waals surface area contributed by atoms with Crippen LogP contribution >= 0.6 is 0 Å². The van der Waals surface area contributed by atoms with Crippen LogP contribution in [0.1, 0.15) is 16.1 Å². The molecule has 0 aliphatic carbocycles. The maximum Gasteiger partial charge on any atom is 0.273 e. The van der Waals surface area contributed by atoms with Gasteiger partial charge in [-0.05, 0) is 17.7 Å². The lowest BCUT2D eigenvalue weighted by atomic mass is 10.2. The quantitative estimate of drug-likeness (QED) is 0.872. The molecule has 0 atom stereocenters.